The van der Waals surface area contributed by atoms with Crippen LogP contribution in [0.4, 0.5) is 0 Å². The van der Waals surface area contributed by atoms with Crippen molar-refractivity contribution < 1.29 is 9.59 Å². The maximum atomic E-state index is 10.4. The van der Waals surface area contributed by atoms with Gasteiger partial charge in [-0.25, -0.2) is 3.93 Å². The van der Waals surface area contributed by atoms with E-state index in [9.17, 15) is 9.59 Å². The van der Waals surface area contributed by atoms with E-state index in [1.165, 1.54) is 0 Å². The molecule has 1 aliphatic heterocycles. The Morgan fingerprint density at radius 1 is 1.00 bits per heavy atom. The number of hydrogen-bond donors (Lipinski definition) is 0. The number of azo groups is 1. The zero-order chi connectivity index (χ0) is 16.0. The number of nitrogens with zero attached hydrogens (tertiary/aromatic N) is 5. The molecular formula is C12H16BrN5O2. The first-order chi connectivity index (χ1) is 9.04. The Kier molecular flexibility index (Phi) is 6.47. The Labute approximate surface area is 126 Å². The lowest BCUT2D eigenvalue weighted by Crippen LogP contribution is -2.17. The van der Waals surface area contributed by atoms with Gasteiger partial charge in [0.2, 0.25) is 11.8 Å². The zero-order valence-electron chi connectivity index (χ0n) is 11.8. The van der Waals surface area contributed by atoms with Crippen LogP contribution in [-0.2, 0) is 9.59 Å². The van der Waals surface area contributed by atoms with E-state index in [0.717, 1.165) is 3.93 Å². The second-order valence-electron chi connectivity index (χ2n) is 5.11. The van der Waals surface area contributed by atoms with Crippen LogP contribution in [0.1, 0.15) is 40.5 Å². The summed E-state index contributed by atoms with van der Waals surface area (Å²) in [6.45, 7) is 6.57. The molecular weight excluding hydrogens is 326 g/mol. The number of rotatable bonds is 2. The first-order valence-corrected chi connectivity index (χ1v) is 6.54. The van der Waals surface area contributed by atoms with Gasteiger partial charge in [0.05, 0.1) is 28.3 Å². The molecule has 0 aromatic carbocycles. The minimum atomic E-state index is -0.839. The van der Waals surface area contributed by atoms with Gasteiger partial charge in [-0.05, 0) is 27.7 Å². The zero-order valence-corrected chi connectivity index (χ0v) is 13.4. The average Bonchev–Trinajstić information content (AvgIpc) is 2.69. The van der Waals surface area contributed by atoms with E-state index < -0.39 is 11.1 Å². The van der Waals surface area contributed by atoms with Gasteiger partial charge in [-0.3, -0.25) is 9.59 Å². The van der Waals surface area contributed by atoms with Crippen molar-refractivity contribution in [3.63, 3.8) is 0 Å². The highest BCUT2D eigenvalue weighted by Crippen LogP contribution is 2.15. The summed E-state index contributed by atoms with van der Waals surface area (Å²) in [6, 6.07) is 3.94. The molecule has 1 heterocycles. The Bertz CT molecular complexity index is 455. The smallest absolute Gasteiger partial charge is 0.239 e. The SMILES string of the molecule is CC(C)(C#N)N=NC(C)(C)C#N.O=C1CCC(=O)N1Br. The first-order valence-electron chi connectivity index (χ1n) is 5.83. The third-order valence-electron chi connectivity index (χ3n) is 2.09. The molecule has 0 spiro atoms. The van der Waals surface area contributed by atoms with E-state index in [2.05, 4.69) is 26.4 Å². The van der Waals surface area contributed by atoms with Crippen LogP contribution in [0.2, 0.25) is 0 Å². The topological polar surface area (TPSA) is 110 Å². The normalized spacial score (nSPS) is 15.7. The lowest BCUT2D eigenvalue weighted by Gasteiger charge is -2.11. The minimum Gasteiger partial charge on any atom is -0.274 e. The lowest BCUT2D eigenvalue weighted by molar-refractivity contribution is -0.131. The first kappa shape index (κ1) is 18.2. The highest BCUT2D eigenvalue weighted by atomic mass is 79.9. The summed E-state index contributed by atoms with van der Waals surface area (Å²) >= 11 is 2.80. The maximum absolute atomic E-state index is 10.4. The largest absolute Gasteiger partial charge is 0.274 e. The van der Waals surface area contributed by atoms with Gasteiger partial charge in [-0.2, -0.15) is 20.8 Å². The van der Waals surface area contributed by atoms with E-state index in [1.807, 2.05) is 12.1 Å². The summed E-state index contributed by atoms with van der Waals surface area (Å²) in [5.41, 5.74) is -1.68. The molecule has 8 heteroatoms. The summed E-state index contributed by atoms with van der Waals surface area (Å²) in [5, 5.41) is 24.7. The molecule has 0 N–H and O–H groups in total. The monoisotopic (exact) mass is 341 g/mol. The molecule has 20 heavy (non-hydrogen) atoms. The molecule has 0 aromatic heterocycles. The van der Waals surface area contributed by atoms with Crippen molar-refractivity contribution in [1.29, 1.82) is 10.5 Å². The Balaban J connectivity index is 0.000000388. The van der Waals surface area contributed by atoms with Crippen LogP contribution in [-0.4, -0.2) is 26.8 Å². The van der Waals surface area contributed by atoms with Crippen LogP contribution in [0, 0.1) is 22.7 Å². The maximum Gasteiger partial charge on any atom is 0.239 e. The minimum absolute atomic E-state index is 0.144. The van der Waals surface area contributed by atoms with Crippen molar-refractivity contribution >= 4 is 28.0 Å². The van der Waals surface area contributed by atoms with Crippen molar-refractivity contribution in [3.8, 4) is 12.1 Å². The van der Waals surface area contributed by atoms with Gasteiger partial charge in [0.1, 0.15) is 0 Å². The van der Waals surface area contributed by atoms with Gasteiger partial charge < -0.3 is 0 Å². The number of hydrogen-bond acceptors (Lipinski definition) is 6. The molecule has 0 bridgehead atoms. The van der Waals surface area contributed by atoms with E-state index in [0.29, 0.717) is 12.8 Å². The number of nitriles is 2. The number of imide groups is 1. The van der Waals surface area contributed by atoms with Crippen LogP contribution in [0.25, 0.3) is 0 Å². The van der Waals surface area contributed by atoms with Crippen molar-refractivity contribution in [3.05, 3.63) is 0 Å². The second kappa shape index (κ2) is 7.11. The number of carbonyl (C=O) groups is 2. The van der Waals surface area contributed by atoms with Gasteiger partial charge in [0.15, 0.2) is 11.1 Å². The molecule has 1 fully saturated rings. The van der Waals surface area contributed by atoms with E-state index >= 15 is 0 Å². The molecule has 0 aromatic rings. The summed E-state index contributed by atoms with van der Waals surface area (Å²) < 4.78 is 0.979. The molecule has 0 atom stereocenters. The second-order valence-corrected chi connectivity index (χ2v) is 5.82. The third kappa shape index (κ3) is 6.39. The van der Waals surface area contributed by atoms with Gasteiger partial charge in [-0.1, -0.05) is 0 Å². The van der Waals surface area contributed by atoms with Crippen LogP contribution in [0.3, 0.4) is 0 Å². The number of halogens is 1. The molecule has 2 amide bonds. The summed E-state index contributed by atoms with van der Waals surface area (Å²) in [4.78, 5) is 20.9. The summed E-state index contributed by atoms with van der Waals surface area (Å²) in [7, 11) is 0. The van der Waals surface area contributed by atoms with E-state index in [4.69, 9.17) is 10.5 Å². The van der Waals surface area contributed by atoms with Crippen LogP contribution in [0.5, 0.6) is 0 Å². The summed E-state index contributed by atoms with van der Waals surface area (Å²) in [5.74, 6) is -0.287. The molecule has 108 valence electrons. The van der Waals surface area contributed by atoms with Gasteiger partial charge >= 0.3 is 0 Å². The Morgan fingerprint density at radius 3 is 1.45 bits per heavy atom. The molecule has 0 aliphatic carbocycles. The van der Waals surface area contributed by atoms with Gasteiger partial charge in [-0.15, -0.1) is 0 Å². The fourth-order valence-corrected chi connectivity index (χ4v) is 1.20. The molecule has 0 unspecified atom stereocenters. The van der Waals surface area contributed by atoms with Crippen LogP contribution >= 0.6 is 16.1 Å². The Morgan fingerprint density at radius 2 is 1.30 bits per heavy atom. The van der Waals surface area contributed by atoms with E-state index in [1.54, 1.807) is 27.7 Å². The van der Waals surface area contributed by atoms with Crippen LogP contribution in [0.15, 0.2) is 10.2 Å². The lowest BCUT2D eigenvalue weighted by atomic mass is 10.1. The van der Waals surface area contributed by atoms with Crippen LogP contribution < -0.4 is 0 Å². The molecule has 0 saturated carbocycles. The number of carbonyl (C=O) groups excluding carboxylic acids is 2. The molecule has 1 saturated heterocycles. The highest BCUT2D eigenvalue weighted by Gasteiger charge is 2.26. The van der Waals surface area contributed by atoms with Crippen molar-refractivity contribution in [1.82, 2.24) is 3.93 Å². The van der Waals surface area contributed by atoms with Gasteiger partial charge in [0, 0.05) is 12.8 Å². The van der Waals surface area contributed by atoms with Gasteiger partial charge in [0.25, 0.3) is 0 Å². The van der Waals surface area contributed by atoms with Crippen molar-refractivity contribution in [2.75, 3.05) is 0 Å². The molecule has 7 nitrogen and oxygen atoms in total. The Hall–Kier alpha value is -1.80. The quantitative estimate of drug-likeness (QED) is 0.436. The highest BCUT2D eigenvalue weighted by molar-refractivity contribution is 9.08. The molecule has 1 aliphatic rings. The fraction of sp³-hybridized carbons (Fsp3) is 0.667. The third-order valence-corrected chi connectivity index (χ3v) is 2.88. The molecule has 0 radical (unpaired) electrons. The predicted octanol–water partition coefficient (Wildman–Crippen LogP) is 2.49. The number of amides is 2. The van der Waals surface area contributed by atoms with Crippen molar-refractivity contribution in [2.24, 2.45) is 10.2 Å². The van der Waals surface area contributed by atoms with Crippen molar-refractivity contribution in [2.45, 2.75) is 51.6 Å². The predicted molar refractivity (Wildman–Crippen MR) is 74.3 cm³/mol. The fourth-order valence-electron chi connectivity index (χ4n) is 0.844. The average molecular weight is 342 g/mol. The van der Waals surface area contributed by atoms with E-state index in [-0.39, 0.29) is 11.8 Å². The summed E-state index contributed by atoms with van der Waals surface area (Å²) in [6.07, 6.45) is 0.703. The standard InChI is InChI=1S/C8H12N4.C4H4BrNO2/c1-7(2,5-9)11-12-8(3,4)6-10;5-6-3(7)1-2-4(6)8/h1-4H3;1-2H2. The molecule has 1 rings (SSSR count).